The van der Waals surface area contributed by atoms with Crippen LogP contribution >= 0.6 is 0 Å². The summed E-state index contributed by atoms with van der Waals surface area (Å²) < 4.78 is 5.53. The Morgan fingerprint density at radius 1 is 1.18 bits per heavy atom. The smallest absolute Gasteiger partial charge is 0.302 e. The minimum absolute atomic E-state index is 0.0472. The van der Waals surface area contributed by atoms with Gasteiger partial charge in [-0.05, 0) is 98.0 Å². The van der Waals surface area contributed by atoms with Crippen LogP contribution in [0.5, 0.6) is 0 Å². The number of allylic oxidation sites excluding steroid dienone is 5. The molecule has 2 heteroatoms. The lowest BCUT2D eigenvalue weighted by molar-refractivity contribution is -0.146. The van der Waals surface area contributed by atoms with Crippen LogP contribution in [0, 0.1) is 35.0 Å². The fraction of sp³-hybridized carbons (Fsp3) is 0.774. The number of hydrogen-bond donors (Lipinski definition) is 0. The van der Waals surface area contributed by atoms with Gasteiger partial charge in [0, 0.05) is 13.3 Å². The van der Waals surface area contributed by atoms with Gasteiger partial charge in [0.25, 0.3) is 0 Å². The molecule has 0 amide bonds. The van der Waals surface area contributed by atoms with Crippen molar-refractivity contribution < 1.29 is 9.53 Å². The van der Waals surface area contributed by atoms with E-state index in [1.165, 1.54) is 63.0 Å². The monoisotopic (exact) mass is 454 g/mol. The summed E-state index contributed by atoms with van der Waals surface area (Å²) in [6.45, 7) is 16.1. The molecule has 0 unspecified atom stereocenters. The van der Waals surface area contributed by atoms with Crippen molar-refractivity contribution in [3.8, 4) is 0 Å². The minimum Gasteiger partial charge on any atom is -0.462 e. The molecule has 1 fully saturated rings. The first-order chi connectivity index (χ1) is 15.7. The van der Waals surface area contributed by atoms with Crippen molar-refractivity contribution in [2.45, 2.75) is 119 Å². The van der Waals surface area contributed by atoms with E-state index in [4.69, 9.17) is 4.74 Å². The second-order valence-electron chi connectivity index (χ2n) is 12.1. The van der Waals surface area contributed by atoms with Gasteiger partial charge < -0.3 is 4.74 Å². The molecular formula is C31H50O2. The molecule has 0 heterocycles. The summed E-state index contributed by atoms with van der Waals surface area (Å²) in [5.74, 6) is 3.91. The molecule has 0 aromatic rings. The molecule has 1 saturated carbocycles. The van der Waals surface area contributed by atoms with E-state index in [0.29, 0.717) is 11.3 Å². The summed E-state index contributed by atoms with van der Waals surface area (Å²) in [5.41, 5.74) is 4.86. The fourth-order valence-electron chi connectivity index (χ4n) is 7.47. The number of fused-ring (bicyclic) bond motifs is 1. The molecular weight excluding hydrogens is 404 g/mol. The van der Waals surface area contributed by atoms with Crippen LogP contribution in [0.3, 0.4) is 0 Å². The Morgan fingerprint density at radius 2 is 1.94 bits per heavy atom. The van der Waals surface area contributed by atoms with Crippen molar-refractivity contribution in [3.63, 3.8) is 0 Å². The average molecular weight is 455 g/mol. The van der Waals surface area contributed by atoms with E-state index < -0.39 is 0 Å². The van der Waals surface area contributed by atoms with Crippen LogP contribution in [0.25, 0.3) is 0 Å². The zero-order chi connectivity index (χ0) is 24.2. The molecule has 3 rings (SSSR count). The summed E-state index contributed by atoms with van der Waals surface area (Å²) in [5, 5.41) is 0. The summed E-state index contributed by atoms with van der Waals surface area (Å²) in [6.07, 6.45) is 19.6. The largest absolute Gasteiger partial charge is 0.462 e. The van der Waals surface area contributed by atoms with Crippen LogP contribution in [-0.2, 0) is 9.53 Å². The van der Waals surface area contributed by atoms with E-state index in [-0.39, 0.29) is 12.1 Å². The van der Waals surface area contributed by atoms with Gasteiger partial charge in [0.05, 0.1) is 0 Å². The molecule has 33 heavy (non-hydrogen) atoms. The molecule has 0 radical (unpaired) electrons. The Balaban J connectivity index is 1.66. The summed E-state index contributed by atoms with van der Waals surface area (Å²) in [7, 11) is 0. The molecule has 0 spiro atoms. The van der Waals surface area contributed by atoms with Crippen molar-refractivity contribution in [3.05, 3.63) is 34.9 Å². The molecule has 0 aromatic heterocycles. The minimum atomic E-state index is -0.154. The SMILES string of the molecule is CC[C@H](CC[C@@H](C)[C@H]1CC[C@H]2C(/C=C\C3=C(C)CC[C@H](OC(C)=O)C3)=CCC[C@]12C)C(C)C. The molecule has 3 aliphatic carbocycles. The van der Waals surface area contributed by atoms with Crippen molar-refractivity contribution in [1.29, 1.82) is 0 Å². The van der Waals surface area contributed by atoms with Crippen LogP contribution < -0.4 is 0 Å². The van der Waals surface area contributed by atoms with Crippen molar-refractivity contribution in [2.24, 2.45) is 35.0 Å². The molecule has 2 nitrogen and oxygen atoms in total. The molecule has 0 bridgehead atoms. The zero-order valence-corrected chi connectivity index (χ0v) is 22.6. The maximum atomic E-state index is 11.4. The van der Waals surface area contributed by atoms with Crippen LogP contribution in [0.4, 0.5) is 0 Å². The third-order valence-electron chi connectivity index (χ3n) is 9.67. The number of esters is 1. The highest BCUT2D eigenvalue weighted by Gasteiger charge is 2.49. The fourth-order valence-corrected chi connectivity index (χ4v) is 7.47. The van der Waals surface area contributed by atoms with E-state index in [9.17, 15) is 4.79 Å². The first kappa shape index (κ1) is 26.3. The maximum Gasteiger partial charge on any atom is 0.302 e. The first-order valence-electron chi connectivity index (χ1n) is 13.9. The van der Waals surface area contributed by atoms with Gasteiger partial charge in [0.2, 0.25) is 0 Å². The van der Waals surface area contributed by atoms with E-state index >= 15 is 0 Å². The Morgan fingerprint density at radius 3 is 2.61 bits per heavy atom. The van der Waals surface area contributed by atoms with Gasteiger partial charge in [0.15, 0.2) is 0 Å². The summed E-state index contributed by atoms with van der Waals surface area (Å²) in [4.78, 5) is 11.4. The lowest BCUT2D eigenvalue weighted by Gasteiger charge is -2.43. The van der Waals surface area contributed by atoms with Crippen molar-refractivity contribution in [1.82, 2.24) is 0 Å². The van der Waals surface area contributed by atoms with Gasteiger partial charge in [-0.2, -0.15) is 0 Å². The Bertz CT molecular complexity index is 770. The van der Waals surface area contributed by atoms with Crippen LogP contribution in [0.1, 0.15) is 113 Å². The first-order valence-corrected chi connectivity index (χ1v) is 13.9. The Hall–Kier alpha value is -1.31. The van der Waals surface area contributed by atoms with Crippen LogP contribution in [-0.4, -0.2) is 12.1 Å². The highest BCUT2D eigenvalue weighted by atomic mass is 16.5. The lowest BCUT2D eigenvalue weighted by atomic mass is 9.62. The molecule has 0 aromatic carbocycles. The third-order valence-corrected chi connectivity index (χ3v) is 9.67. The van der Waals surface area contributed by atoms with Gasteiger partial charge in [0.1, 0.15) is 6.10 Å². The standard InChI is InChI=1S/C31H50O2/c1-8-25(21(2)3)13-11-23(5)29-17-18-30-26(10-9-19-31(29,30)7)14-15-27-20-28(33-24(6)32)16-12-22(27)4/h10,14-15,21,23,25,28-30H,8-9,11-13,16-20H2,1-7H3/b15-14-/t23-,25-,28+,29-,30+,31-/m1/s1. The number of ether oxygens (including phenoxy) is 1. The predicted octanol–water partition coefficient (Wildman–Crippen LogP) is 8.83. The molecule has 0 saturated heterocycles. The van der Waals surface area contributed by atoms with E-state index in [1.807, 2.05) is 0 Å². The lowest BCUT2D eigenvalue weighted by Crippen LogP contribution is -2.35. The van der Waals surface area contributed by atoms with Crippen molar-refractivity contribution >= 4 is 5.97 Å². The van der Waals surface area contributed by atoms with E-state index in [0.717, 1.165) is 42.9 Å². The Kier molecular flexibility index (Phi) is 9.09. The predicted molar refractivity (Wildman–Crippen MR) is 140 cm³/mol. The number of carbonyl (C=O) groups excluding carboxylic acids is 1. The van der Waals surface area contributed by atoms with E-state index in [2.05, 4.69) is 59.8 Å². The molecule has 0 aliphatic heterocycles. The summed E-state index contributed by atoms with van der Waals surface area (Å²) in [6, 6.07) is 0. The van der Waals surface area contributed by atoms with Crippen molar-refractivity contribution in [2.75, 3.05) is 0 Å². The van der Waals surface area contributed by atoms with Gasteiger partial charge in [-0.3, -0.25) is 4.79 Å². The molecule has 6 atom stereocenters. The van der Waals surface area contributed by atoms with Crippen LogP contribution in [0.15, 0.2) is 34.9 Å². The van der Waals surface area contributed by atoms with Gasteiger partial charge in [-0.1, -0.05) is 71.3 Å². The normalized spacial score (nSPS) is 32.1. The molecule has 0 N–H and O–H groups in total. The highest BCUT2D eigenvalue weighted by Crippen LogP contribution is 2.59. The third kappa shape index (κ3) is 6.23. The number of rotatable bonds is 9. The summed E-state index contributed by atoms with van der Waals surface area (Å²) >= 11 is 0. The highest BCUT2D eigenvalue weighted by molar-refractivity contribution is 5.66. The molecule has 3 aliphatic rings. The second kappa shape index (κ2) is 11.4. The second-order valence-corrected chi connectivity index (χ2v) is 12.1. The quantitative estimate of drug-likeness (QED) is 0.325. The maximum absolute atomic E-state index is 11.4. The van der Waals surface area contributed by atoms with Gasteiger partial charge in [-0.25, -0.2) is 0 Å². The number of carbonyl (C=O) groups is 1. The zero-order valence-electron chi connectivity index (χ0n) is 22.6. The van der Waals surface area contributed by atoms with Gasteiger partial charge in [-0.15, -0.1) is 0 Å². The van der Waals surface area contributed by atoms with Gasteiger partial charge >= 0.3 is 5.97 Å². The van der Waals surface area contributed by atoms with E-state index in [1.54, 1.807) is 5.57 Å². The van der Waals surface area contributed by atoms with Crippen LogP contribution in [0.2, 0.25) is 0 Å². The average Bonchev–Trinajstić information content (AvgIpc) is 3.11. The number of hydrogen-bond acceptors (Lipinski definition) is 2. The molecule has 186 valence electrons. The topological polar surface area (TPSA) is 26.3 Å². The Labute approximate surface area is 204 Å².